The van der Waals surface area contributed by atoms with Gasteiger partial charge in [-0.3, -0.25) is 5.75 Å². The minimum Gasteiger partial charge on any atom is -0.362 e. The van der Waals surface area contributed by atoms with E-state index in [1.165, 1.54) is 0 Å². The molecule has 0 aromatic rings. The van der Waals surface area contributed by atoms with Gasteiger partial charge in [0, 0.05) is 26.4 Å². The Bertz CT molecular complexity index is 255. The Kier molecular flexibility index (Phi) is 13.8. The first-order valence-electron chi connectivity index (χ1n) is 7.15. The molecule has 1 aliphatic rings. The molecule has 0 aromatic heterocycles. The van der Waals surface area contributed by atoms with Gasteiger partial charge >= 0.3 is 21.1 Å². The quantitative estimate of drug-likeness (QED) is 0.385. The summed E-state index contributed by atoms with van der Waals surface area (Å²) >= 11 is 1.93. The van der Waals surface area contributed by atoms with Gasteiger partial charge in [-0.15, -0.1) is 0 Å². The molecule has 126 valence electrons. The summed E-state index contributed by atoms with van der Waals surface area (Å²) in [5.41, 5.74) is 0.878. The van der Waals surface area contributed by atoms with Gasteiger partial charge in [0.25, 0.3) is 0 Å². The van der Waals surface area contributed by atoms with Crippen LogP contribution in [0.3, 0.4) is 0 Å². The molecule has 1 heterocycles. The van der Waals surface area contributed by atoms with Gasteiger partial charge in [0.1, 0.15) is 0 Å². The maximum atomic E-state index is 3.77. The van der Waals surface area contributed by atoms with Crippen molar-refractivity contribution >= 4 is 11.8 Å². The van der Waals surface area contributed by atoms with E-state index < -0.39 is 0 Å². The number of nitrogens with one attached hydrogen (secondary N) is 1. The predicted molar refractivity (Wildman–Crippen MR) is 90.6 cm³/mol. The van der Waals surface area contributed by atoms with Crippen molar-refractivity contribution < 1.29 is 42.1 Å². The van der Waals surface area contributed by atoms with Crippen LogP contribution in [0.25, 0.3) is 0 Å². The fourth-order valence-electron chi connectivity index (χ4n) is 1.50. The van der Waals surface area contributed by atoms with Crippen LogP contribution in [0.4, 0.5) is 0 Å². The second kappa shape index (κ2) is 10.5. The molecule has 0 radical (unpaired) electrons. The van der Waals surface area contributed by atoms with Crippen LogP contribution < -0.4 is 5.32 Å². The molecule has 1 fully saturated rings. The zero-order valence-corrected chi connectivity index (χ0v) is 21.9. The van der Waals surface area contributed by atoms with E-state index in [1.54, 1.807) is 0 Å². The molecule has 0 amide bonds. The van der Waals surface area contributed by atoms with Gasteiger partial charge in [-0.05, 0) is 5.41 Å². The average molecular weight is 652 g/mol. The van der Waals surface area contributed by atoms with Gasteiger partial charge in [0.05, 0.1) is 0 Å². The maximum absolute atomic E-state index is 3.77. The maximum Gasteiger partial charge on any atom is 2.00 e. The number of hydrogen-bond acceptors (Lipinski definition) is 2. The van der Waals surface area contributed by atoms with Crippen molar-refractivity contribution in [1.29, 1.82) is 0 Å². The van der Waals surface area contributed by atoms with Crippen LogP contribution in [0.2, 0.25) is 0 Å². The van der Waals surface area contributed by atoms with Gasteiger partial charge in [-0.25, -0.2) is 6.04 Å². The molecule has 1 saturated heterocycles. The van der Waals surface area contributed by atoms with E-state index in [-0.39, 0.29) is 47.5 Å². The molecule has 0 aliphatic carbocycles. The number of hydrogen-bond donors (Lipinski definition) is 1. The molecular weight excluding hydrogens is 618 g/mol. The predicted octanol–water partition coefficient (Wildman–Crippen LogP) is 5.34. The molecule has 4 heteroatoms. The van der Waals surface area contributed by atoms with Crippen molar-refractivity contribution in [2.75, 3.05) is 0 Å². The Morgan fingerprint density at radius 2 is 1.38 bits per heavy atom. The summed E-state index contributed by atoms with van der Waals surface area (Å²) in [5, 5.41) is 4.19. The molecular formula is C17H34NSW2-. The first-order valence-corrected chi connectivity index (χ1v) is 8.09. The van der Waals surface area contributed by atoms with Crippen molar-refractivity contribution in [3.8, 4) is 0 Å². The molecule has 0 aromatic carbocycles. The van der Waals surface area contributed by atoms with Gasteiger partial charge < -0.3 is 30.4 Å². The molecule has 1 rings (SSSR count). The van der Waals surface area contributed by atoms with Crippen molar-refractivity contribution in [3.63, 3.8) is 0 Å². The van der Waals surface area contributed by atoms with Crippen LogP contribution in [0.5, 0.6) is 0 Å². The van der Waals surface area contributed by atoms with Gasteiger partial charge in [-0.1, -0.05) is 62.3 Å². The standard InChI is InChI=1S/C12H23NS.C5H11.2W/c1-11(2,3)7-9-8-14-10(13-9)12(4,5)6;1-5(2,3)4;;/h7-10,13H,1-6H3;1H2,2-4H3;;/q-2;-1;;+2. The summed E-state index contributed by atoms with van der Waals surface area (Å²) in [6, 6.07) is 0.462. The topological polar surface area (TPSA) is 12.0 Å². The minimum atomic E-state index is 0. The van der Waals surface area contributed by atoms with Crippen molar-refractivity contribution in [2.24, 2.45) is 16.2 Å². The monoisotopic (exact) mass is 652 g/mol. The molecule has 1 N–H and O–H groups in total. The first-order chi connectivity index (χ1) is 8.18. The van der Waals surface area contributed by atoms with E-state index in [0.717, 1.165) is 0 Å². The normalized spacial score (nSPS) is 22.6. The molecule has 0 bridgehead atoms. The molecule has 1 aliphatic heterocycles. The van der Waals surface area contributed by atoms with Crippen LogP contribution in [0.15, 0.2) is 0 Å². The molecule has 2 unspecified atom stereocenters. The summed E-state index contributed by atoms with van der Waals surface area (Å²) in [6.07, 6.45) is 2.38. The van der Waals surface area contributed by atoms with Crippen LogP contribution in [0, 0.1) is 35.3 Å². The molecule has 1 nitrogen and oxygen atoms in total. The first kappa shape index (κ1) is 27.5. The van der Waals surface area contributed by atoms with Gasteiger partial charge in [0.15, 0.2) is 0 Å². The Morgan fingerprint density at radius 3 is 1.62 bits per heavy atom. The van der Waals surface area contributed by atoms with E-state index in [2.05, 4.69) is 86.7 Å². The van der Waals surface area contributed by atoms with Crippen molar-refractivity contribution in [3.05, 3.63) is 19.1 Å². The molecule has 2 atom stereocenters. The summed E-state index contributed by atoms with van der Waals surface area (Å²) < 4.78 is 0. The second-order valence-electron chi connectivity index (χ2n) is 8.80. The SMILES string of the molecule is CC(C)(C)[CH-]C1[CH-]SC(C(C)(C)C)N1.[CH2-]C(C)(C)C.[W+2].[W]. The van der Waals surface area contributed by atoms with E-state index in [9.17, 15) is 0 Å². The van der Waals surface area contributed by atoms with Crippen LogP contribution >= 0.6 is 11.8 Å². The molecule has 21 heavy (non-hydrogen) atoms. The van der Waals surface area contributed by atoms with Gasteiger partial charge in [-0.2, -0.15) is 10.8 Å². The fraction of sp³-hybridized carbons (Fsp3) is 0.824. The zero-order valence-electron chi connectivity index (χ0n) is 15.2. The Hall–Kier alpha value is 1.69. The summed E-state index contributed by atoms with van der Waals surface area (Å²) in [4.78, 5) is 0. The van der Waals surface area contributed by atoms with Crippen LogP contribution in [-0.2, 0) is 42.1 Å². The average Bonchev–Trinajstić information content (AvgIpc) is 2.44. The van der Waals surface area contributed by atoms with E-state index >= 15 is 0 Å². The minimum absolute atomic E-state index is 0. The smallest absolute Gasteiger partial charge is 0.362 e. The van der Waals surface area contributed by atoms with Crippen LogP contribution in [-0.4, -0.2) is 11.4 Å². The van der Waals surface area contributed by atoms with Crippen LogP contribution in [0.1, 0.15) is 62.3 Å². The third-order valence-electron chi connectivity index (χ3n) is 2.17. The Labute approximate surface area is 167 Å². The largest absolute Gasteiger partial charge is 2.00 e. The summed E-state index contributed by atoms with van der Waals surface area (Å²) in [7, 11) is 0. The molecule has 0 spiro atoms. The third kappa shape index (κ3) is 17.9. The van der Waals surface area contributed by atoms with E-state index in [0.29, 0.717) is 22.2 Å². The summed E-state index contributed by atoms with van der Waals surface area (Å²) in [5.74, 6) is 2.32. The zero-order chi connectivity index (χ0) is 15.5. The second-order valence-corrected chi connectivity index (χ2v) is 9.82. The Balaban J connectivity index is -0.000000405. The van der Waals surface area contributed by atoms with Gasteiger partial charge in [0.2, 0.25) is 0 Å². The van der Waals surface area contributed by atoms with Crippen molar-refractivity contribution in [2.45, 2.75) is 73.7 Å². The fourth-order valence-corrected chi connectivity index (χ4v) is 2.62. The Morgan fingerprint density at radius 1 is 1.00 bits per heavy atom. The van der Waals surface area contributed by atoms with E-state index in [4.69, 9.17) is 0 Å². The van der Waals surface area contributed by atoms with Crippen molar-refractivity contribution in [1.82, 2.24) is 5.32 Å². The molecule has 0 saturated carbocycles. The number of rotatable bonds is 1. The third-order valence-corrected chi connectivity index (χ3v) is 3.74. The number of thioether (sulfide) groups is 1. The summed E-state index contributed by atoms with van der Waals surface area (Å²) in [6.45, 7) is 23.6. The van der Waals surface area contributed by atoms with E-state index in [1.807, 2.05) is 11.8 Å².